The smallest absolute Gasteiger partial charge is 0.252 e. The Labute approximate surface area is 140 Å². The minimum atomic E-state index is -0.116. The summed E-state index contributed by atoms with van der Waals surface area (Å²) in [5.74, 6) is 1.35. The standard InChI is InChI=1S/C19H20N2O3/c1-13-8-9-18(24-13)17-12-15(19(22)20-10-5-11-23-2)14-6-3-4-7-16(14)21-17/h3-4,6-9,12H,5,10-11H2,1-2H3,(H,20,22). The predicted octanol–water partition coefficient (Wildman–Crippen LogP) is 3.57. The van der Waals surface area contributed by atoms with Gasteiger partial charge in [-0.2, -0.15) is 0 Å². The molecule has 5 heteroatoms. The number of aromatic nitrogens is 1. The Morgan fingerprint density at radius 3 is 2.83 bits per heavy atom. The van der Waals surface area contributed by atoms with Crippen molar-refractivity contribution >= 4 is 16.8 Å². The third-order valence-electron chi connectivity index (χ3n) is 3.76. The van der Waals surface area contributed by atoms with E-state index in [9.17, 15) is 4.79 Å². The van der Waals surface area contributed by atoms with Crippen molar-refractivity contribution in [3.05, 3.63) is 53.8 Å². The van der Waals surface area contributed by atoms with Crippen LogP contribution < -0.4 is 5.32 Å². The molecule has 2 aromatic heterocycles. The van der Waals surface area contributed by atoms with E-state index in [1.807, 2.05) is 43.3 Å². The molecule has 0 unspecified atom stereocenters. The number of benzene rings is 1. The van der Waals surface area contributed by atoms with Crippen LogP contribution in [0.25, 0.3) is 22.4 Å². The van der Waals surface area contributed by atoms with Crippen LogP contribution >= 0.6 is 0 Å². The lowest BCUT2D eigenvalue weighted by Crippen LogP contribution is -2.25. The van der Waals surface area contributed by atoms with Crippen molar-refractivity contribution in [2.45, 2.75) is 13.3 Å². The highest BCUT2D eigenvalue weighted by Gasteiger charge is 2.15. The van der Waals surface area contributed by atoms with Crippen molar-refractivity contribution in [1.29, 1.82) is 0 Å². The highest BCUT2D eigenvalue weighted by molar-refractivity contribution is 6.07. The molecule has 24 heavy (non-hydrogen) atoms. The fraction of sp³-hybridized carbons (Fsp3) is 0.263. The van der Waals surface area contributed by atoms with Crippen LogP contribution in [0.2, 0.25) is 0 Å². The van der Waals surface area contributed by atoms with Gasteiger partial charge in [0.15, 0.2) is 5.76 Å². The number of rotatable bonds is 6. The van der Waals surface area contributed by atoms with Gasteiger partial charge in [-0.3, -0.25) is 4.79 Å². The van der Waals surface area contributed by atoms with Gasteiger partial charge in [0.2, 0.25) is 0 Å². The van der Waals surface area contributed by atoms with E-state index in [1.54, 1.807) is 13.2 Å². The van der Waals surface area contributed by atoms with Crippen LogP contribution in [0.15, 0.2) is 46.9 Å². The molecular formula is C19H20N2O3. The van der Waals surface area contributed by atoms with Crippen molar-refractivity contribution in [3.8, 4) is 11.5 Å². The number of para-hydroxylation sites is 1. The fourth-order valence-corrected chi connectivity index (χ4v) is 2.58. The number of nitrogens with one attached hydrogen (secondary N) is 1. The highest BCUT2D eigenvalue weighted by atomic mass is 16.5. The van der Waals surface area contributed by atoms with E-state index in [0.717, 1.165) is 23.1 Å². The first-order chi connectivity index (χ1) is 11.7. The lowest BCUT2D eigenvalue weighted by Gasteiger charge is -2.09. The molecular weight excluding hydrogens is 304 g/mol. The topological polar surface area (TPSA) is 64.4 Å². The van der Waals surface area contributed by atoms with E-state index in [4.69, 9.17) is 9.15 Å². The Balaban J connectivity index is 1.97. The molecule has 3 aromatic rings. The van der Waals surface area contributed by atoms with Gasteiger partial charge in [0.1, 0.15) is 11.5 Å². The van der Waals surface area contributed by atoms with E-state index in [2.05, 4.69) is 10.3 Å². The molecule has 1 amide bonds. The quantitative estimate of drug-likeness (QED) is 0.704. The second kappa shape index (κ2) is 7.27. The number of carbonyl (C=O) groups excluding carboxylic acids is 1. The first-order valence-electron chi connectivity index (χ1n) is 7.93. The summed E-state index contributed by atoms with van der Waals surface area (Å²) in [5, 5.41) is 3.76. The maximum Gasteiger partial charge on any atom is 0.252 e. The van der Waals surface area contributed by atoms with E-state index in [-0.39, 0.29) is 5.91 Å². The van der Waals surface area contributed by atoms with Gasteiger partial charge in [-0.1, -0.05) is 18.2 Å². The maximum atomic E-state index is 12.6. The monoisotopic (exact) mass is 324 g/mol. The lowest BCUT2D eigenvalue weighted by molar-refractivity contribution is 0.0950. The average molecular weight is 324 g/mol. The molecule has 124 valence electrons. The van der Waals surface area contributed by atoms with E-state index >= 15 is 0 Å². The van der Waals surface area contributed by atoms with Gasteiger partial charge in [-0.05, 0) is 37.6 Å². The second-order valence-electron chi connectivity index (χ2n) is 5.58. The first-order valence-corrected chi connectivity index (χ1v) is 7.93. The van der Waals surface area contributed by atoms with Crippen LogP contribution in [0.5, 0.6) is 0 Å². The summed E-state index contributed by atoms with van der Waals surface area (Å²) in [4.78, 5) is 17.2. The molecule has 0 aliphatic carbocycles. The van der Waals surface area contributed by atoms with Crippen molar-refractivity contribution in [2.24, 2.45) is 0 Å². The zero-order valence-corrected chi connectivity index (χ0v) is 13.8. The number of ether oxygens (including phenoxy) is 1. The summed E-state index contributed by atoms with van der Waals surface area (Å²) < 4.78 is 10.7. The van der Waals surface area contributed by atoms with Crippen molar-refractivity contribution in [3.63, 3.8) is 0 Å². The van der Waals surface area contributed by atoms with E-state index < -0.39 is 0 Å². The van der Waals surface area contributed by atoms with Gasteiger partial charge < -0.3 is 14.5 Å². The Kier molecular flexibility index (Phi) is 4.91. The summed E-state index contributed by atoms with van der Waals surface area (Å²) in [7, 11) is 1.65. The van der Waals surface area contributed by atoms with Crippen LogP contribution in [0.3, 0.4) is 0 Å². The molecule has 1 N–H and O–H groups in total. The van der Waals surface area contributed by atoms with Crippen LogP contribution in [-0.4, -0.2) is 31.2 Å². The summed E-state index contributed by atoms with van der Waals surface area (Å²) >= 11 is 0. The zero-order chi connectivity index (χ0) is 16.9. The van der Waals surface area contributed by atoms with Gasteiger partial charge in [-0.25, -0.2) is 4.98 Å². The molecule has 0 aliphatic heterocycles. The predicted molar refractivity (Wildman–Crippen MR) is 93.0 cm³/mol. The Morgan fingerprint density at radius 2 is 2.08 bits per heavy atom. The Bertz CT molecular complexity index is 855. The second-order valence-corrected chi connectivity index (χ2v) is 5.58. The van der Waals surface area contributed by atoms with Crippen molar-refractivity contribution in [1.82, 2.24) is 10.3 Å². The SMILES string of the molecule is COCCCNC(=O)c1cc(-c2ccc(C)o2)nc2ccccc12. The molecule has 3 rings (SSSR count). The number of fused-ring (bicyclic) bond motifs is 1. The van der Waals surface area contributed by atoms with E-state index in [0.29, 0.717) is 30.2 Å². The van der Waals surface area contributed by atoms with E-state index in [1.165, 1.54) is 0 Å². The number of aryl methyl sites for hydroxylation is 1. The third kappa shape index (κ3) is 3.46. The maximum absolute atomic E-state index is 12.6. The summed E-state index contributed by atoms with van der Waals surface area (Å²) in [6.45, 7) is 3.07. The first kappa shape index (κ1) is 16.2. The molecule has 2 heterocycles. The fourth-order valence-electron chi connectivity index (χ4n) is 2.58. The Hall–Kier alpha value is -2.66. The number of furan rings is 1. The summed E-state index contributed by atoms with van der Waals surface area (Å²) in [6, 6.07) is 13.2. The number of methoxy groups -OCH3 is 1. The zero-order valence-electron chi connectivity index (χ0n) is 13.8. The summed E-state index contributed by atoms with van der Waals surface area (Å²) in [6.07, 6.45) is 0.773. The van der Waals surface area contributed by atoms with Gasteiger partial charge in [0, 0.05) is 25.6 Å². The molecule has 0 saturated heterocycles. The largest absolute Gasteiger partial charge is 0.460 e. The Morgan fingerprint density at radius 1 is 1.25 bits per heavy atom. The van der Waals surface area contributed by atoms with Crippen LogP contribution in [0, 0.1) is 6.92 Å². The molecule has 0 atom stereocenters. The van der Waals surface area contributed by atoms with Crippen LogP contribution in [-0.2, 0) is 4.74 Å². The number of hydrogen-bond acceptors (Lipinski definition) is 4. The lowest BCUT2D eigenvalue weighted by atomic mass is 10.1. The average Bonchev–Trinajstić information content (AvgIpc) is 3.04. The molecule has 0 saturated carbocycles. The molecule has 5 nitrogen and oxygen atoms in total. The minimum Gasteiger partial charge on any atom is -0.460 e. The number of amides is 1. The number of hydrogen-bond donors (Lipinski definition) is 1. The number of carbonyl (C=O) groups is 1. The normalized spacial score (nSPS) is 10.9. The van der Waals surface area contributed by atoms with Crippen LogP contribution in [0.1, 0.15) is 22.5 Å². The summed E-state index contributed by atoms with van der Waals surface area (Å²) in [5.41, 5.74) is 2.03. The molecule has 1 aromatic carbocycles. The highest BCUT2D eigenvalue weighted by Crippen LogP contribution is 2.26. The van der Waals surface area contributed by atoms with Gasteiger partial charge in [-0.15, -0.1) is 0 Å². The molecule has 0 bridgehead atoms. The third-order valence-corrected chi connectivity index (χ3v) is 3.76. The number of pyridine rings is 1. The van der Waals surface area contributed by atoms with Crippen LogP contribution in [0.4, 0.5) is 0 Å². The van der Waals surface area contributed by atoms with Crippen molar-refractivity contribution < 1.29 is 13.9 Å². The molecule has 0 spiro atoms. The molecule has 0 fully saturated rings. The van der Waals surface area contributed by atoms with Gasteiger partial charge in [0.25, 0.3) is 5.91 Å². The van der Waals surface area contributed by atoms with Gasteiger partial charge in [0.05, 0.1) is 11.1 Å². The molecule has 0 aliphatic rings. The van der Waals surface area contributed by atoms with Crippen molar-refractivity contribution in [2.75, 3.05) is 20.3 Å². The molecule has 0 radical (unpaired) electrons. The number of nitrogens with zero attached hydrogens (tertiary/aromatic N) is 1. The minimum absolute atomic E-state index is 0.116. The van der Waals surface area contributed by atoms with Gasteiger partial charge >= 0.3 is 0 Å².